The maximum atomic E-state index is 15.0. The predicted octanol–water partition coefficient (Wildman–Crippen LogP) is 4.45. The quantitative estimate of drug-likeness (QED) is 0.436. The topological polar surface area (TPSA) is 63.0 Å². The Morgan fingerprint density at radius 3 is 2.48 bits per heavy atom. The Morgan fingerprint density at radius 2 is 1.70 bits per heavy atom. The van der Waals surface area contributed by atoms with Gasteiger partial charge in [0, 0.05) is 31.7 Å². The number of hydrogen-bond donors (Lipinski definition) is 0. The van der Waals surface area contributed by atoms with Crippen LogP contribution in [-0.2, 0) is 0 Å². The molecule has 1 saturated carbocycles. The number of piperazine rings is 1. The molecule has 1 atom stereocenters. The lowest BCUT2D eigenvalue weighted by Crippen LogP contribution is -2.48. The number of para-hydroxylation sites is 1. The molecule has 1 unspecified atom stereocenters. The van der Waals surface area contributed by atoms with Crippen LogP contribution in [0.4, 0.5) is 9.52 Å². The number of nitrogens with zero attached hydrogens (tertiary/aromatic N) is 7. The summed E-state index contributed by atoms with van der Waals surface area (Å²) in [7, 11) is 0. The van der Waals surface area contributed by atoms with Gasteiger partial charge >= 0.3 is 0 Å². The molecule has 2 fully saturated rings. The van der Waals surface area contributed by atoms with Crippen LogP contribution in [0.5, 0.6) is 0 Å². The Kier molecular flexibility index (Phi) is 5.51. The normalized spacial score (nSPS) is 18.9. The van der Waals surface area contributed by atoms with Crippen LogP contribution in [0.1, 0.15) is 49.2 Å². The number of thiazole rings is 1. The standard InChI is InChI=1S/C24H26FN7S/c25-19-10-4-3-9-18(19)22(23-27-28-29-32(23)17-7-1-2-8-17)30-13-15-31(16-14-30)24-26-20-11-5-6-12-21(20)33-24/h3-6,9-12,17,22H,1-2,7-8,13-16H2. The summed E-state index contributed by atoms with van der Waals surface area (Å²) in [6.45, 7) is 3.23. The number of aromatic nitrogens is 5. The fourth-order valence-corrected chi connectivity index (χ4v) is 6.17. The van der Waals surface area contributed by atoms with Gasteiger partial charge in [-0.05, 0) is 41.5 Å². The van der Waals surface area contributed by atoms with E-state index in [4.69, 9.17) is 4.98 Å². The van der Waals surface area contributed by atoms with E-state index >= 15 is 4.39 Å². The zero-order valence-electron chi connectivity index (χ0n) is 18.3. The zero-order valence-corrected chi connectivity index (χ0v) is 19.2. The first-order valence-corrected chi connectivity index (χ1v) is 12.5. The average molecular weight is 464 g/mol. The molecule has 0 spiro atoms. The van der Waals surface area contributed by atoms with E-state index in [9.17, 15) is 0 Å². The molecule has 2 aliphatic rings. The van der Waals surface area contributed by atoms with Crippen LogP contribution in [0.2, 0.25) is 0 Å². The second kappa shape index (κ2) is 8.79. The number of rotatable bonds is 5. The summed E-state index contributed by atoms with van der Waals surface area (Å²) in [5.41, 5.74) is 1.68. The van der Waals surface area contributed by atoms with Gasteiger partial charge in [-0.25, -0.2) is 14.1 Å². The lowest BCUT2D eigenvalue weighted by atomic mass is 10.0. The molecule has 0 N–H and O–H groups in total. The second-order valence-electron chi connectivity index (χ2n) is 8.83. The second-order valence-corrected chi connectivity index (χ2v) is 9.84. The molecule has 4 aromatic rings. The van der Waals surface area contributed by atoms with Crippen molar-refractivity contribution in [2.45, 2.75) is 37.8 Å². The highest BCUT2D eigenvalue weighted by atomic mass is 32.1. The molecule has 1 aliphatic carbocycles. The van der Waals surface area contributed by atoms with Crippen molar-refractivity contribution in [2.24, 2.45) is 0 Å². The summed E-state index contributed by atoms with van der Waals surface area (Å²) < 4.78 is 18.2. The third-order valence-electron chi connectivity index (χ3n) is 6.87. The van der Waals surface area contributed by atoms with E-state index in [-0.39, 0.29) is 11.9 Å². The van der Waals surface area contributed by atoms with E-state index in [2.05, 4.69) is 43.5 Å². The van der Waals surface area contributed by atoms with Gasteiger partial charge in [-0.2, -0.15) is 0 Å². The highest BCUT2D eigenvalue weighted by molar-refractivity contribution is 7.22. The zero-order chi connectivity index (χ0) is 22.2. The molecule has 0 bridgehead atoms. The molecule has 0 amide bonds. The Hall–Kier alpha value is -2.91. The molecule has 2 aromatic carbocycles. The van der Waals surface area contributed by atoms with Gasteiger partial charge in [0.05, 0.1) is 16.3 Å². The Labute approximate surface area is 195 Å². The predicted molar refractivity (Wildman–Crippen MR) is 127 cm³/mol. The summed E-state index contributed by atoms with van der Waals surface area (Å²) in [6, 6.07) is 15.3. The van der Waals surface area contributed by atoms with Crippen LogP contribution in [0.3, 0.4) is 0 Å². The Morgan fingerprint density at radius 1 is 0.939 bits per heavy atom. The fourth-order valence-electron chi connectivity index (χ4n) is 5.15. The maximum Gasteiger partial charge on any atom is 0.186 e. The van der Waals surface area contributed by atoms with Crippen molar-refractivity contribution in [2.75, 3.05) is 31.1 Å². The summed E-state index contributed by atoms with van der Waals surface area (Å²) >= 11 is 1.73. The summed E-state index contributed by atoms with van der Waals surface area (Å²) in [4.78, 5) is 9.48. The largest absolute Gasteiger partial charge is 0.345 e. The van der Waals surface area contributed by atoms with E-state index in [0.29, 0.717) is 11.6 Å². The van der Waals surface area contributed by atoms with E-state index in [1.165, 1.54) is 23.6 Å². The summed E-state index contributed by atoms with van der Waals surface area (Å²) in [5.74, 6) is 0.539. The third kappa shape index (κ3) is 3.89. The van der Waals surface area contributed by atoms with Crippen LogP contribution >= 0.6 is 11.3 Å². The minimum absolute atomic E-state index is 0.211. The van der Waals surface area contributed by atoms with Crippen LogP contribution < -0.4 is 4.90 Å². The number of benzene rings is 2. The first-order chi connectivity index (χ1) is 16.3. The smallest absolute Gasteiger partial charge is 0.186 e. The fraction of sp³-hybridized carbons (Fsp3) is 0.417. The SMILES string of the molecule is Fc1ccccc1C(c1nnnn1C1CCCC1)N1CCN(c2nc3ccccc3s2)CC1. The molecule has 0 radical (unpaired) electrons. The van der Waals surface area contributed by atoms with Crippen molar-refractivity contribution in [3.63, 3.8) is 0 Å². The van der Waals surface area contributed by atoms with Crippen LogP contribution in [0.25, 0.3) is 10.2 Å². The summed E-state index contributed by atoms with van der Waals surface area (Å²) in [6.07, 6.45) is 4.53. The van der Waals surface area contributed by atoms with E-state index in [0.717, 1.165) is 55.5 Å². The van der Waals surface area contributed by atoms with Gasteiger partial charge in [-0.15, -0.1) is 5.10 Å². The highest BCUT2D eigenvalue weighted by Crippen LogP contribution is 2.36. The molecular weight excluding hydrogens is 437 g/mol. The molecule has 2 aromatic heterocycles. The molecule has 1 saturated heterocycles. The lowest BCUT2D eigenvalue weighted by Gasteiger charge is -2.39. The van der Waals surface area contributed by atoms with Crippen molar-refractivity contribution < 1.29 is 4.39 Å². The van der Waals surface area contributed by atoms with Gasteiger partial charge in [-0.3, -0.25) is 4.90 Å². The third-order valence-corrected chi connectivity index (χ3v) is 7.96. The van der Waals surface area contributed by atoms with Gasteiger partial charge in [0.25, 0.3) is 0 Å². The molecular formula is C24H26FN7S. The monoisotopic (exact) mass is 463 g/mol. The van der Waals surface area contributed by atoms with Crippen LogP contribution in [-0.4, -0.2) is 56.3 Å². The molecule has 7 nitrogen and oxygen atoms in total. The molecule has 9 heteroatoms. The van der Waals surface area contributed by atoms with Gasteiger partial charge in [-0.1, -0.05) is 54.5 Å². The number of halogens is 1. The first-order valence-electron chi connectivity index (χ1n) is 11.6. The molecule has 6 rings (SSSR count). The van der Waals surface area contributed by atoms with Crippen molar-refractivity contribution in [1.29, 1.82) is 0 Å². The lowest BCUT2D eigenvalue weighted by molar-refractivity contribution is 0.194. The van der Waals surface area contributed by atoms with Crippen molar-refractivity contribution >= 4 is 26.7 Å². The van der Waals surface area contributed by atoms with E-state index in [1.807, 2.05) is 22.9 Å². The number of hydrogen-bond acceptors (Lipinski definition) is 7. The van der Waals surface area contributed by atoms with Crippen molar-refractivity contribution in [3.05, 3.63) is 65.7 Å². The Bertz CT molecular complexity index is 1210. The average Bonchev–Trinajstić information content (AvgIpc) is 3.61. The highest BCUT2D eigenvalue weighted by Gasteiger charge is 2.34. The van der Waals surface area contributed by atoms with Gasteiger partial charge in [0.1, 0.15) is 11.9 Å². The number of fused-ring (bicyclic) bond motifs is 1. The van der Waals surface area contributed by atoms with Gasteiger partial charge in [0.2, 0.25) is 0 Å². The minimum Gasteiger partial charge on any atom is -0.345 e. The van der Waals surface area contributed by atoms with Gasteiger partial charge in [0.15, 0.2) is 11.0 Å². The molecule has 33 heavy (non-hydrogen) atoms. The van der Waals surface area contributed by atoms with Crippen LogP contribution in [0, 0.1) is 5.82 Å². The van der Waals surface area contributed by atoms with Crippen molar-refractivity contribution in [3.8, 4) is 0 Å². The van der Waals surface area contributed by atoms with E-state index < -0.39 is 0 Å². The molecule has 3 heterocycles. The molecule has 1 aliphatic heterocycles. The van der Waals surface area contributed by atoms with Crippen molar-refractivity contribution in [1.82, 2.24) is 30.1 Å². The molecule has 170 valence electrons. The minimum atomic E-state index is -0.306. The number of anilines is 1. The number of tetrazole rings is 1. The van der Waals surface area contributed by atoms with Crippen LogP contribution in [0.15, 0.2) is 48.5 Å². The first kappa shape index (κ1) is 20.7. The summed E-state index contributed by atoms with van der Waals surface area (Å²) in [5, 5.41) is 13.8. The van der Waals surface area contributed by atoms with Gasteiger partial charge < -0.3 is 4.90 Å². The van der Waals surface area contributed by atoms with E-state index in [1.54, 1.807) is 17.4 Å². The maximum absolute atomic E-state index is 15.0. The Balaban J connectivity index is 1.29.